The molecule has 0 saturated carbocycles. The molecule has 0 radical (unpaired) electrons. The number of aliphatic hydroxyl groups is 1. The van der Waals surface area contributed by atoms with E-state index in [2.05, 4.69) is 0 Å². The van der Waals surface area contributed by atoms with Gasteiger partial charge in [-0.1, -0.05) is 53.5 Å². The summed E-state index contributed by atoms with van der Waals surface area (Å²) in [7, 11) is 0. The van der Waals surface area contributed by atoms with Crippen LogP contribution in [0.2, 0.25) is 10.0 Å². The summed E-state index contributed by atoms with van der Waals surface area (Å²) >= 11 is 11.8. The van der Waals surface area contributed by atoms with Crippen LogP contribution in [0, 0.1) is 6.92 Å². The topological polar surface area (TPSA) is 20.2 Å². The minimum absolute atomic E-state index is 0.520. The van der Waals surface area contributed by atoms with Crippen LogP contribution in [0.15, 0.2) is 42.5 Å². The number of aliphatic hydroxyl groups excluding tert-OH is 1. The van der Waals surface area contributed by atoms with E-state index in [-0.39, 0.29) is 0 Å². The fourth-order valence-corrected chi connectivity index (χ4v) is 2.28. The van der Waals surface area contributed by atoms with Crippen LogP contribution >= 0.6 is 23.2 Å². The van der Waals surface area contributed by atoms with E-state index in [0.717, 1.165) is 16.7 Å². The second-order valence-electron chi connectivity index (χ2n) is 4.32. The molecular formula is C15H14Cl2O. The molecule has 0 bridgehead atoms. The third-order valence-corrected chi connectivity index (χ3v) is 3.70. The standard InChI is InChI=1S/C15H14Cl2O/c1-10-4-2-3-5-12(10)15(18)9-11-6-7-13(16)14(17)8-11/h2-8,15,18H,9H2,1H3. The molecule has 0 saturated heterocycles. The molecule has 2 aromatic carbocycles. The van der Waals surface area contributed by atoms with Crippen molar-refractivity contribution in [3.05, 3.63) is 69.2 Å². The van der Waals surface area contributed by atoms with E-state index in [1.165, 1.54) is 0 Å². The molecule has 0 aromatic heterocycles. The van der Waals surface area contributed by atoms with Crippen molar-refractivity contribution in [3.8, 4) is 0 Å². The molecule has 1 nitrogen and oxygen atoms in total. The average molecular weight is 281 g/mol. The van der Waals surface area contributed by atoms with Crippen LogP contribution in [0.1, 0.15) is 22.8 Å². The zero-order valence-electron chi connectivity index (χ0n) is 10.0. The molecule has 0 spiro atoms. The monoisotopic (exact) mass is 280 g/mol. The Kier molecular flexibility index (Phi) is 4.28. The fourth-order valence-electron chi connectivity index (χ4n) is 1.96. The van der Waals surface area contributed by atoms with E-state index in [4.69, 9.17) is 23.2 Å². The summed E-state index contributed by atoms with van der Waals surface area (Å²) in [6, 6.07) is 13.3. The molecule has 0 aliphatic carbocycles. The first-order valence-corrected chi connectivity index (χ1v) is 6.51. The second-order valence-corrected chi connectivity index (χ2v) is 5.14. The first kappa shape index (κ1) is 13.4. The number of halogens is 2. The van der Waals surface area contributed by atoms with Gasteiger partial charge in [-0.2, -0.15) is 0 Å². The number of rotatable bonds is 3. The van der Waals surface area contributed by atoms with Crippen LogP contribution < -0.4 is 0 Å². The predicted molar refractivity (Wildman–Crippen MR) is 76.3 cm³/mol. The lowest BCUT2D eigenvalue weighted by molar-refractivity contribution is 0.178. The van der Waals surface area contributed by atoms with Crippen molar-refractivity contribution in [2.75, 3.05) is 0 Å². The highest BCUT2D eigenvalue weighted by molar-refractivity contribution is 6.42. The Morgan fingerprint density at radius 3 is 2.44 bits per heavy atom. The van der Waals surface area contributed by atoms with Crippen LogP contribution in [0.4, 0.5) is 0 Å². The summed E-state index contributed by atoms with van der Waals surface area (Å²) in [6.07, 6.45) is 0.00492. The minimum atomic E-state index is -0.525. The molecular weight excluding hydrogens is 267 g/mol. The van der Waals surface area contributed by atoms with Gasteiger partial charge >= 0.3 is 0 Å². The summed E-state index contributed by atoms with van der Waals surface area (Å²) in [5.74, 6) is 0. The lowest BCUT2D eigenvalue weighted by atomic mass is 9.98. The Bertz CT molecular complexity index is 552. The minimum Gasteiger partial charge on any atom is -0.388 e. The van der Waals surface area contributed by atoms with E-state index in [0.29, 0.717) is 16.5 Å². The van der Waals surface area contributed by atoms with Crippen molar-refractivity contribution in [1.29, 1.82) is 0 Å². The lowest BCUT2D eigenvalue weighted by Gasteiger charge is -2.14. The summed E-state index contributed by atoms with van der Waals surface area (Å²) in [6.45, 7) is 1.99. The average Bonchev–Trinajstić information content (AvgIpc) is 2.34. The first-order chi connectivity index (χ1) is 8.58. The molecule has 0 aliphatic rings. The number of aryl methyl sites for hydroxylation is 1. The molecule has 2 rings (SSSR count). The third-order valence-electron chi connectivity index (χ3n) is 2.96. The van der Waals surface area contributed by atoms with Gasteiger partial charge in [0.05, 0.1) is 16.1 Å². The van der Waals surface area contributed by atoms with Gasteiger partial charge in [-0.3, -0.25) is 0 Å². The van der Waals surface area contributed by atoms with Gasteiger partial charge in [-0.25, -0.2) is 0 Å². The van der Waals surface area contributed by atoms with E-state index in [9.17, 15) is 5.11 Å². The van der Waals surface area contributed by atoms with Crippen molar-refractivity contribution in [3.63, 3.8) is 0 Å². The van der Waals surface area contributed by atoms with E-state index < -0.39 is 6.10 Å². The second kappa shape index (κ2) is 5.75. The Balaban J connectivity index is 2.19. The SMILES string of the molecule is Cc1ccccc1C(O)Cc1ccc(Cl)c(Cl)c1. The molecule has 3 heteroatoms. The number of hydrogen-bond acceptors (Lipinski definition) is 1. The van der Waals surface area contributed by atoms with Gasteiger partial charge in [0.15, 0.2) is 0 Å². The fraction of sp³-hybridized carbons (Fsp3) is 0.200. The van der Waals surface area contributed by atoms with Gasteiger partial charge in [0.1, 0.15) is 0 Å². The van der Waals surface area contributed by atoms with Gasteiger partial charge in [0, 0.05) is 6.42 Å². The largest absolute Gasteiger partial charge is 0.388 e. The molecule has 18 heavy (non-hydrogen) atoms. The smallest absolute Gasteiger partial charge is 0.0832 e. The van der Waals surface area contributed by atoms with Gasteiger partial charge < -0.3 is 5.11 Å². The lowest BCUT2D eigenvalue weighted by Crippen LogP contribution is -2.03. The van der Waals surface area contributed by atoms with Crippen LogP contribution in [0.25, 0.3) is 0 Å². The molecule has 0 amide bonds. The normalized spacial score (nSPS) is 12.4. The van der Waals surface area contributed by atoms with E-state index in [1.54, 1.807) is 12.1 Å². The van der Waals surface area contributed by atoms with Crippen LogP contribution in [0.3, 0.4) is 0 Å². The highest BCUT2D eigenvalue weighted by atomic mass is 35.5. The van der Waals surface area contributed by atoms with Crippen LogP contribution in [-0.2, 0) is 6.42 Å². The maximum absolute atomic E-state index is 10.2. The van der Waals surface area contributed by atoms with Gasteiger partial charge in [-0.15, -0.1) is 0 Å². The van der Waals surface area contributed by atoms with Crippen LogP contribution in [0.5, 0.6) is 0 Å². The maximum Gasteiger partial charge on any atom is 0.0832 e. The Hall–Kier alpha value is -1.02. The first-order valence-electron chi connectivity index (χ1n) is 5.75. The van der Waals surface area contributed by atoms with Crippen molar-refractivity contribution in [2.24, 2.45) is 0 Å². The molecule has 1 unspecified atom stereocenters. The summed E-state index contributed by atoms with van der Waals surface area (Å²) in [5.41, 5.74) is 3.01. The van der Waals surface area contributed by atoms with Crippen LogP contribution in [-0.4, -0.2) is 5.11 Å². The molecule has 0 fully saturated rings. The summed E-state index contributed by atoms with van der Waals surface area (Å²) in [4.78, 5) is 0. The Labute approximate surface area is 117 Å². The zero-order chi connectivity index (χ0) is 13.1. The molecule has 94 valence electrons. The zero-order valence-corrected chi connectivity index (χ0v) is 11.5. The highest BCUT2D eigenvalue weighted by Crippen LogP contribution is 2.26. The molecule has 1 atom stereocenters. The summed E-state index contributed by atoms with van der Waals surface area (Å²) in [5, 5.41) is 11.3. The van der Waals surface area contributed by atoms with Crippen molar-refractivity contribution in [1.82, 2.24) is 0 Å². The van der Waals surface area contributed by atoms with Crippen molar-refractivity contribution >= 4 is 23.2 Å². The molecule has 0 heterocycles. The third kappa shape index (κ3) is 3.05. The summed E-state index contributed by atoms with van der Waals surface area (Å²) < 4.78 is 0. The molecule has 1 N–H and O–H groups in total. The molecule has 0 aliphatic heterocycles. The number of hydrogen-bond donors (Lipinski definition) is 1. The van der Waals surface area contributed by atoms with E-state index >= 15 is 0 Å². The quantitative estimate of drug-likeness (QED) is 0.873. The molecule has 2 aromatic rings. The highest BCUT2D eigenvalue weighted by Gasteiger charge is 2.11. The Morgan fingerprint density at radius 2 is 1.78 bits per heavy atom. The Morgan fingerprint density at radius 1 is 1.06 bits per heavy atom. The van der Waals surface area contributed by atoms with Gasteiger partial charge in [0.25, 0.3) is 0 Å². The van der Waals surface area contributed by atoms with Gasteiger partial charge in [-0.05, 0) is 35.7 Å². The van der Waals surface area contributed by atoms with Crippen molar-refractivity contribution < 1.29 is 5.11 Å². The maximum atomic E-state index is 10.2. The van der Waals surface area contributed by atoms with Gasteiger partial charge in [0.2, 0.25) is 0 Å². The van der Waals surface area contributed by atoms with Crippen molar-refractivity contribution in [2.45, 2.75) is 19.4 Å². The number of benzene rings is 2. The predicted octanol–water partition coefficient (Wildman–Crippen LogP) is 4.58. The van der Waals surface area contributed by atoms with E-state index in [1.807, 2.05) is 37.3 Å².